The summed E-state index contributed by atoms with van der Waals surface area (Å²) < 4.78 is 10.9. The van der Waals surface area contributed by atoms with Gasteiger partial charge in [-0.05, 0) is 36.8 Å². The van der Waals surface area contributed by atoms with E-state index >= 15 is 0 Å². The molecule has 1 unspecified atom stereocenters. The van der Waals surface area contributed by atoms with Gasteiger partial charge in [-0.3, -0.25) is 0 Å². The van der Waals surface area contributed by atoms with Crippen molar-refractivity contribution in [2.75, 3.05) is 26.9 Å². The Morgan fingerprint density at radius 3 is 2.68 bits per heavy atom. The highest BCUT2D eigenvalue weighted by atomic mass is 16.5. The molecule has 0 aliphatic carbocycles. The molecule has 0 aliphatic rings. The van der Waals surface area contributed by atoms with E-state index in [0.717, 1.165) is 50.2 Å². The zero-order valence-electron chi connectivity index (χ0n) is 12.1. The van der Waals surface area contributed by atoms with Crippen LogP contribution in [-0.2, 0) is 11.2 Å². The molecule has 0 saturated heterocycles. The molecule has 1 aromatic carbocycles. The maximum atomic E-state index is 9.46. The molecule has 1 atom stereocenters. The van der Waals surface area contributed by atoms with Crippen LogP contribution >= 0.6 is 0 Å². The van der Waals surface area contributed by atoms with Crippen LogP contribution in [0.1, 0.15) is 31.7 Å². The number of hydrogen-bond donors (Lipinski definition) is 1. The fourth-order valence-electron chi connectivity index (χ4n) is 2.04. The molecule has 19 heavy (non-hydrogen) atoms. The van der Waals surface area contributed by atoms with Gasteiger partial charge in [0.2, 0.25) is 0 Å². The van der Waals surface area contributed by atoms with E-state index in [-0.39, 0.29) is 12.5 Å². The van der Waals surface area contributed by atoms with Gasteiger partial charge in [-0.2, -0.15) is 0 Å². The lowest BCUT2D eigenvalue weighted by atomic mass is 9.96. The first-order chi connectivity index (χ1) is 9.31. The van der Waals surface area contributed by atoms with Crippen LogP contribution in [-0.4, -0.2) is 32.0 Å². The molecule has 1 aromatic rings. The molecule has 3 nitrogen and oxygen atoms in total. The van der Waals surface area contributed by atoms with E-state index < -0.39 is 0 Å². The predicted molar refractivity (Wildman–Crippen MR) is 77.6 cm³/mol. The number of benzene rings is 1. The van der Waals surface area contributed by atoms with Gasteiger partial charge < -0.3 is 14.6 Å². The highest BCUT2D eigenvalue weighted by molar-refractivity contribution is 5.33. The van der Waals surface area contributed by atoms with Crippen molar-refractivity contribution in [1.82, 2.24) is 0 Å². The standard InChI is InChI=1S/C16H26O3/c1-3-4-10-19-11-9-14(13-17)12-15-7-5-6-8-16(15)18-2/h5-8,14,17H,3-4,9-13H2,1-2H3. The molecule has 0 aliphatic heterocycles. The lowest BCUT2D eigenvalue weighted by molar-refractivity contribution is 0.104. The Kier molecular flexibility index (Phi) is 8.26. The van der Waals surface area contributed by atoms with Gasteiger partial charge >= 0.3 is 0 Å². The minimum Gasteiger partial charge on any atom is -0.496 e. The van der Waals surface area contributed by atoms with Gasteiger partial charge in [-0.1, -0.05) is 31.5 Å². The van der Waals surface area contributed by atoms with Crippen LogP contribution in [0.2, 0.25) is 0 Å². The number of methoxy groups -OCH3 is 1. The predicted octanol–water partition coefficient (Wildman–Crippen LogP) is 3.05. The molecule has 108 valence electrons. The van der Waals surface area contributed by atoms with Crippen molar-refractivity contribution < 1.29 is 14.6 Å². The van der Waals surface area contributed by atoms with Gasteiger partial charge in [-0.15, -0.1) is 0 Å². The van der Waals surface area contributed by atoms with Crippen LogP contribution in [0, 0.1) is 5.92 Å². The van der Waals surface area contributed by atoms with Crippen molar-refractivity contribution in [3.05, 3.63) is 29.8 Å². The van der Waals surface area contributed by atoms with Gasteiger partial charge in [0.1, 0.15) is 5.75 Å². The first-order valence-electron chi connectivity index (χ1n) is 7.12. The van der Waals surface area contributed by atoms with E-state index in [1.807, 2.05) is 18.2 Å². The fraction of sp³-hybridized carbons (Fsp3) is 0.625. The Labute approximate surface area is 116 Å². The topological polar surface area (TPSA) is 38.7 Å². The molecule has 0 spiro atoms. The Bertz CT molecular complexity index is 339. The zero-order valence-corrected chi connectivity index (χ0v) is 12.1. The maximum Gasteiger partial charge on any atom is 0.122 e. The molecule has 0 saturated carbocycles. The smallest absolute Gasteiger partial charge is 0.122 e. The van der Waals surface area contributed by atoms with Crippen molar-refractivity contribution in [3.63, 3.8) is 0 Å². The van der Waals surface area contributed by atoms with Crippen molar-refractivity contribution in [3.8, 4) is 5.75 Å². The molecule has 1 N–H and O–H groups in total. The number of para-hydroxylation sites is 1. The fourth-order valence-corrected chi connectivity index (χ4v) is 2.04. The molecule has 0 amide bonds. The highest BCUT2D eigenvalue weighted by Crippen LogP contribution is 2.22. The molecule has 3 heteroatoms. The Hall–Kier alpha value is -1.06. The van der Waals surface area contributed by atoms with Gasteiger partial charge in [0.25, 0.3) is 0 Å². The van der Waals surface area contributed by atoms with E-state index in [1.54, 1.807) is 7.11 Å². The summed E-state index contributed by atoms with van der Waals surface area (Å²) in [6, 6.07) is 7.98. The van der Waals surface area contributed by atoms with Crippen molar-refractivity contribution in [2.45, 2.75) is 32.6 Å². The number of unbranched alkanes of at least 4 members (excludes halogenated alkanes) is 1. The third-order valence-corrected chi connectivity index (χ3v) is 3.27. The van der Waals surface area contributed by atoms with E-state index in [1.165, 1.54) is 0 Å². The lowest BCUT2D eigenvalue weighted by Gasteiger charge is -2.16. The normalized spacial score (nSPS) is 12.4. The van der Waals surface area contributed by atoms with Crippen molar-refractivity contribution in [1.29, 1.82) is 0 Å². The van der Waals surface area contributed by atoms with Crippen LogP contribution in [0.25, 0.3) is 0 Å². The first-order valence-corrected chi connectivity index (χ1v) is 7.12. The molecular weight excluding hydrogens is 240 g/mol. The highest BCUT2D eigenvalue weighted by Gasteiger charge is 2.11. The summed E-state index contributed by atoms with van der Waals surface area (Å²) in [6.45, 7) is 3.89. The van der Waals surface area contributed by atoms with Crippen LogP contribution in [0.3, 0.4) is 0 Å². The second-order valence-electron chi connectivity index (χ2n) is 4.82. The number of aliphatic hydroxyl groups is 1. The Balaban J connectivity index is 2.38. The quantitative estimate of drug-likeness (QED) is 0.662. The second-order valence-corrected chi connectivity index (χ2v) is 4.82. The molecule has 0 radical (unpaired) electrons. The number of hydrogen-bond acceptors (Lipinski definition) is 3. The van der Waals surface area contributed by atoms with E-state index in [9.17, 15) is 5.11 Å². The minimum atomic E-state index is 0.190. The molecule has 0 bridgehead atoms. The average molecular weight is 266 g/mol. The number of aliphatic hydroxyl groups excluding tert-OH is 1. The molecular formula is C16H26O3. The Morgan fingerprint density at radius 2 is 2.00 bits per heavy atom. The summed E-state index contributed by atoms with van der Waals surface area (Å²) in [5.74, 6) is 1.13. The largest absolute Gasteiger partial charge is 0.496 e. The molecule has 1 rings (SSSR count). The van der Waals surface area contributed by atoms with E-state index in [4.69, 9.17) is 9.47 Å². The third kappa shape index (κ3) is 6.08. The zero-order chi connectivity index (χ0) is 13.9. The monoisotopic (exact) mass is 266 g/mol. The summed E-state index contributed by atoms with van der Waals surface area (Å²) in [6.07, 6.45) is 3.98. The number of rotatable bonds is 10. The van der Waals surface area contributed by atoms with Crippen LogP contribution in [0.15, 0.2) is 24.3 Å². The molecule has 0 heterocycles. The first kappa shape index (κ1) is 16.0. The van der Waals surface area contributed by atoms with Crippen molar-refractivity contribution in [2.24, 2.45) is 5.92 Å². The van der Waals surface area contributed by atoms with Crippen LogP contribution in [0.4, 0.5) is 0 Å². The maximum absolute atomic E-state index is 9.46. The van der Waals surface area contributed by atoms with Gasteiger partial charge in [0.15, 0.2) is 0 Å². The van der Waals surface area contributed by atoms with E-state index in [2.05, 4.69) is 13.0 Å². The lowest BCUT2D eigenvalue weighted by Crippen LogP contribution is -2.13. The van der Waals surface area contributed by atoms with E-state index in [0.29, 0.717) is 0 Å². The second kappa shape index (κ2) is 9.82. The summed E-state index contributed by atoms with van der Waals surface area (Å²) in [4.78, 5) is 0. The van der Waals surface area contributed by atoms with Crippen LogP contribution < -0.4 is 4.74 Å². The SMILES string of the molecule is CCCCOCCC(CO)Cc1ccccc1OC. The van der Waals surface area contributed by atoms with Gasteiger partial charge in [0, 0.05) is 19.8 Å². The molecule has 0 fully saturated rings. The number of ether oxygens (including phenoxy) is 2. The average Bonchev–Trinajstić information content (AvgIpc) is 2.46. The summed E-state index contributed by atoms with van der Waals surface area (Å²) in [5, 5.41) is 9.46. The third-order valence-electron chi connectivity index (χ3n) is 3.27. The van der Waals surface area contributed by atoms with Crippen molar-refractivity contribution >= 4 is 0 Å². The Morgan fingerprint density at radius 1 is 1.21 bits per heavy atom. The summed E-state index contributed by atoms with van der Waals surface area (Å²) in [7, 11) is 1.68. The van der Waals surface area contributed by atoms with Gasteiger partial charge in [0.05, 0.1) is 7.11 Å². The minimum absolute atomic E-state index is 0.190. The van der Waals surface area contributed by atoms with Crippen LogP contribution in [0.5, 0.6) is 5.75 Å². The van der Waals surface area contributed by atoms with Gasteiger partial charge in [-0.25, -0.2) is 0 Å². The summed E-state index contributed by atoms with van der Waals surface area (Å²) >= 11 is 0. The summed E-state index contributed by atoms with van der Waals surface area (Å²) in [5.41, 5.74) is 1.15. The molecule has 0 aromatic heterocycles.